The van der Waals surface area contributed by atoms with Gasteiger partial charge in [0.25, 0.3) is 0 Å². The average Bonchev–Trinajstić information content (AvgIpc) is 2.52. The Bertz CT molecular complexity index is 266. The largest absolute Gasteiger partial charge is 0.310 e. The fraction of sp³-hybridized carbons (Fsp3) is 0.727. The summed E-state index contributed by atoms with van der Waals surface area (Å²) in [6, 6.07) is 0. The van der Waals surface area contributed by atoms with E-state index in [0.717, 1.165) is 13.1 Å². The maximum Gasteiger partial charge on any atom is 0.107 e. The van der Waals surface area contributed by atoms with Crippen molar-refractivity contribution in [3.05, 3.63) is 16.1 Å². The number of thiazole rings is 1. The Kier molecular flexibility index (Phi) is 4.55. The van der Waals surface area contributed by atoms with Gasteiger partial charge in [-0.3, -0.25) is 0 Å². The van der Waals surface area contributed by atoms with Crippen LogP contribution >= 0.6 is 11.3 Å². The highest BCUT2D eigenvalue weighted by Crippen LogP contribution is 2.17. The lowest BCUT2D eigenvalue weighted by molar-refractivity contribution is 0.551. The molecule has 0 bridgehead atoms. The summed E-state index contributed by atoms with van der Waals surface area (Å²) < 4.78 is 0. The van der Waals surface area contributed by atoms with Gasteiger partial charge in [0.15, 0.2) is 0 Å². The van der Waals surface area contributed by atoms with Crippen LogP contribution in [0.5, 0.6) is 0 Å². The highest BCUT2D eigenvalue weighted by molar-refractivity contribution is 7.09. The maximum atomic E-state index is 4.56. The van der Waals surface area contributed by atoms with E-state index in [9.17, 15) is 0 Å². The van der Waals surface area contributed by atoms with Crippen LogP contribution in [0, 0.1) is 5.92 Å². The van der Waals surface area contributed by atoms with Crippen molar-refractivity contribution >= 4 is 11.3 Å². The topological polar surface area (TPSA) is 24.9 Å². The third-order valence-corrected chi connectivity index (χ3v) is 2.86. The van der Waals surface area contributed by atoms with Crippen LogP contribution in [0.1, 0.15) is 44.3 Å². The molecule has 14 heavy (non-hydrogen) atoms. The molecule has 0 radical (unpaired) electrons. The molecule has 1 aromatic rings. The molecule has 0 spiro atoms. The van der Waals surface area contributed by atoms with Crippen LogP contribution in [-0.4, -0.2) is 11.5 Å². The zero-order valence-corrected chi connectivity index (χ0v) is 10.3. The molecule has 0 atom stereocenters. The van der Waals surface area contributed by atoms with Crippen LogP contribution in [0.15, 0.2) is 5.38 Å². The van der Waals surface area contributed by atoms with E-state index in [-0.39, 0.29) is 0 Å². The lowest BCUT2D eigenvalue weighted by Crippen LogP contribution is -2.18. The van der Waals surface area contributed by atoms with E-state index in [1.165, 1.54) is 10.7 Å². The Labute approximate surface area is 90.8 Å². The van der Waals surface area contributed by atoms with E-state index < -0.39 is 0 Å². The first-order chi connectivity index (χ1) is 6.59. The lowest BCUT2D eigenvalue weighted by atomic mass is 10.2. The third kappa shape index (κ3) is 3.76. The smallest absolute Gasteiger partial charge is 0.107 e. The van der Waals surface area contributed by atoms with Crippen molar-refractivity contribution in [2.45, 2.75) is 40.2 Å². The minimum absolute atomic E-state index is 0.546. The van der Waals surface area contributed by atoms with Crippen LogP contribution in [0.2, 0.25) is 0 Å². The van der Waals surface area contributed by atoms with Gasteiger partial charge in [-0.05, 0) is 18.4 Å². The molecule has 3 heteroatoms. The number of nitrogens with one attached hydrogen (secondary N) is 1. The predicted octanol–water partition coefficient (Wildman–Crippen LogP) is 3.01. The van der Waals surface area contributed by atoms with Crippen LogP contribution in [-0.2, 0) is 6.54 Å². The molecule has 0 amide bonds. The summed E-state index contributed by atoms with van der Waals surface area (Å²) in [6.45, 7) is 10.8. The van der Waals surface area contributed by atoms with Crippen molar-refractivity contribution in [3.8, 4) is 0 Å². The van der Waals surface area contributed by atoms with Crippen LogP contribution in [0.3, 0.4) is 0 Å². The van der Waals surface area contributed by atoms with Gasteiger partial charge in [-0.15, -0.1) is 11.3 Å². The lowest BCUT2D eigenvalue weighted by Gasteiger charge is -2.04. The Balaban J connectivity index is 2.36. The molecule has 80 valence electrons. The van der Waals surface area contributed by atoms with E-state index in [1.54, 1.807) is 11.3 Å². The summed E-state index contributed by atoms with van der Waals surface area (Å²) in [5, 5.41) is 6.77. The Morgan fingerprint density at radius 3 is 2.57 bits per heavy atom. The Morgan fingerprint density at radius 2 is 2.07 bits per heavy atom. The van der Waals surface area contributed by atoms with Gasteiger partial charge in [-0.25, -0.2) is 4.98 Å². The zero-order valence-electron chi connectivity index (χ0n) is 9.50. The van der Waals surface area contributed by atoms with Crippen molar-refractivity contribution in [1.82, 2.24) is 10.3 Å². The highest BCUT2D eigenvalue weighted by atomic mass is 32.1. The normalized spacial score (nSPS) is 11.6. The van der Waals surface area contributed by atoms with Gasteiger partial charge in [0.1, 0.15) is 5.01 Å². The number of rotatable bonds is 5. The van der Waals surface area contributed by atoms with E-state index in [4.69, 9.17) is 0 Å². The van der Waals surface area contributed by atoms with Crippen LogP contribution < -0.4 is 5.32 Å². The highest BCUT2D eigenvalue weighted by Gasteiger charge is 2.04. The number of hydrogen-bond acceptors (Lipinski definition) is 3. The van der Waals surface area contributed by atoms with E-state index in [0.29, 0.717) is 11.8 Å². The molecule has 2 nitrogen and oxygen atoms in total. The molecule has 0 aromatic carbocycles. The second kappa shape index (κ2) is 5.47. The van der Waals surface area contributed by atoms with E-state index in [2.05, 4.69) is 43.4 Å². The van der Waals surface area contributed by atoms with Crippen LogP contribution in [0.4, 0.5) is 0 Å². The average molecular weight is 212 g/mol. The van der Waals surface area contributed by atoms with E-state index in [1.807, 2.05) is 0 Å². The van der Waals surface area contributed by atoms with E-state index >= 15 is 0 Å². The molecule has 0 aliphatic heterocycles. The maximum absolute atomic E-state index is 4.56. The van der Waals surface area contributed by atoms with Crippen molar-refractivity contribution in [2.24, 2.45) is 5.92 Å². The van der Waals surface area contributed by atoms with Gasteiger partial charge in [-0.1, -0.05) is 27.7 Å². The summed E-state index contributed by atoms with van der Waals surface area (Å²) in [7, 11) is 0. The van der Waals surface area contributed by atoms with Crippen molar-refractivity contribution in [3.63, 3.8) is 0 Å². The minimum Gasteiger partial charge on any atom is -0.310 e. The molecule has 0 aliphatic rings. The van der Waals surface area contributed by atoms with Gasteiger partial charge in [-0.2, -0.15) is 0 Å². The summed E-state index contributed by atoms with van der Waals surface area (Å²) in [6.07, 6.45) is 0. The first-order valence-electron chi connectivity index (χ1n) is 5.24. The Morgan fingerprint density at radius 1 is 1.36 bits per heavy atom. The van der Waals surface area contributed by atoms with Gasteiger partial charge in [0, 0.05) is 11.9 Å². The van der Waals surface area contributed by atoms with Gasteiger partial charge in [0.2, 0.25) is 0 Å². The molecular weight excluding hydrogens is 192 g/mol. The SMILES string of the molecule is CC(C)CNCc1nc(C(C)C)cs1. The quantitative estimate of drug-likeness (QED) is 0.811. The predicted molar refractivity (Wildman–Crippen MR) is 62.7 cm³/mol. The van der Waals surface area contributed by atoms with Gasteiger partial charge >= 0.3 is 0 Å². The number of aromatic nitrogens is 1. The zero-order chi connectivity index (χ0) is 10.6. The second-order valence-corrected chi connectivity index (χ2v) is 5.29. The molecule has 1 aromatic heterocycles. The molecule has 0 aliphatic carbocycles. The second-order valence-electron chi connectivity index (χ2n) is 4.35. The summed E-state index contributed by atoms with van der Waals surface area (Å²) in [5.41, 5.74) is 1.22. The summed E-state index contributed by atoms with van der Waals surface area (Å²) >= 11 is 1.76. The fourth-order valence-corrected chi connectivity index (χ4v) is 2.06. The molecule has 1 N–H and O–H groups in total. The van der Waals surface area contributed by atoms with Gasteiger partial charge in [0.05, 0.1) is 5.69 Å². The molecule has 0 saturated heterocycles. The molecule has 0 saturated carbocycles. The minimum atomic E-state index is 0.546. The monoisotopic (exact) mass is 212 g/mol. The standard InChI is InChI=1S/C11H20N2S/c1-8(2)5-12-6-11-13-10(7-14-11)9(3)4/h7-9,12H,5-6H2,1-4H3. The molecular formula is C11H20N2S. The Hall–Kier alpha value is -0.410. The molecule has 0 unspecified atom stereocenters. The number of hydrogen-bond donors (Lipinski definition) is 1. The van der Waals surface area contributed by atoms with Gasteiger partial charge < -0.3 is 5.32 Å². The van der Waals surface area contributed by atoms with Crippen molar-refractivity contribution in [2.75, 3.05) is 6.54 Å². The van der Waals surface area contributed by atoms with Crippen molar-refractivity contribution in [1.29, 1.82) is 0 Å². The fourth-order valence-electron chi connectivity index (χ4n) is 1.14. The summed E-state index contributed by atoms with van der Waals surface area (Å²) in [4.78, 5) is 4.56. The molecule has 1 heterocycles. The third-order valence-electron chi connectivity index (χ3n) is 1.99. The van der Waals surface area contributed by atoms with Crippen molar-refractivity contribution < 1.29 is 0 Å². The number of nitrogens with zero attached hydrogens (tertiary/aromatic N) is 1. The first-order valence-corrected chi connectivity index (χ1v) is 6.12. The first kappa shape index (κ1) is 11.7. The molecule has 0 fully saturated rings. The van der Waals surface area contributed by atoms with Crippen LogP contribution in [0.25, 0.3) is 0 Å². The molecule has 1 rings (SSSR count). The summed E-state index contributed by atoms with van der Waals surface area (Å²) in [5.74, 6) is 1.25.